The van der Waals surface area contributed by atoms with Gasteiger partial charge in [-0.25, -0.2) is 4.79 Å². The zero-order valence-corrected chi connectivity index (χ0v) is 16.5. The van der Waals surface area contributed by atoms with Crippen molar-refractivity contribution in [2.24, 2.45) is 5.73 Å². The van der Waals surface area contributed by atoms with Crippen LogP contribution in [-0.4, -0.2) is 36.4 Å². The second kappa shape index (κ2) is 7.82. The van der Waals surface area contributed by atoms with Gasteiger partial charge in [-0.15, -0.1) is 0 Å². The number of fused-ring (bicyclic) bond motifs is 3. The van der Waals surface area contributed by atoms with Crippen molar-refractivity contribution >= 4 is 5.97 Å². The minimum Gasteiger partial charge on any atom is -0.504 e. The number of ether oxygens (including phenoxy) is 2. The maximum absolute atomic E-state index is 12.9. The van der Waals surface area contributed by atoms with E-state index in [2.05, 4.69) is 12.1 Å². The fraction of sp³-hybridized carbons (Fsp3) is 0.208. The van der Waals surface area contributed by atoms with Crippen LogP contribution in [0.4, 0.5) is 0 Å². The molecule has 0 radical (unpaired) electrons. The Morgan fingerprint density at radius 1 is 1.03 bits per heavy atom. The highest BCUT2D eigenvalue weighted by atomic mass is 16.5. The van der Waals surface area contributed by atoms with E-state index in [0.29, 0.717) is 0 Å². The van der Waals surface area contributed by atoms with Gasteiger partial charge in [-0.3, -0.25) is 0 Å². The normalized spacial score (nSPS) is 14.5. The molecule has 0 saturated heterocycles. The zero-order chi connectivity index (χ0) is 21.3. The van der Waals surface area contributed by atoms with Crippen molar-refractivity contribution in [3.05, 3.63) is 83.4 Å². The number of nitrogens with two attached hydrogens (primary N) is 1. The Bertz CT molecular complexity index is 1050. The minimum atomic E-state index is -2.06. The Hall–Kier alpha value is -3.35. The number of hydrogen-bond donors (Lipinski definition) is 3. The third kappa shape index (κ3) is 3.20. The number of methoxy groups -OCH3 is 1. The maximum atomic E-state index is 12.9. The number of carbonyl (C=O) groups is 1. The predicted molar refractivity (Wildman–Crippen MR) is 112 cm³/mol. The van der Waals surface area contributed by atoms with Crippen LogP contribution in [0.5, 0.6) is 11.5 Å². The van der Waals surface area contributed by atoms with Crippen molar-refractivity contribution < 1.29 is 24.5 Å². The van der Waals surface area contributed by atoms with Gasteiger partial charge in [0.25, 0.3) is 0 Å². The summed E-state index contributed by atoms with van der Waals surface area (Å²) in [4.78, 5) is 12.9. The van der Waals surface area contributed by atoms with E-state index in [9.17, 15) is 15.0 Å². The van der Waals surface area contributed by atoms with Gasteiger partial charge in [0.15, 0.2) is 17.1 Å². The first-order valence-corrected chi connectivity index (χ1v) is 9.65. The van der Waals surface area contributed by atoms with Crippen LogP contribution < -0.4 is 10.5 Å². The van der Waals surface area contributed by atoms with Crippen LogP contribution in [-0.2, 0) is 15.1 Å². The third-order valence-electron chi connectivity index (χ3n) is 5.63. The molecule has 6 nitrogen and oxygen atoms in total. The smallest absolute Gasteiger partial charge is 0.344 e. The number of benzene rings is 3. The number of esters is 1. The van der Waals surface area contributed by atoms with E-state index in [-0.39, 0.29) is 36.1 Å². The topological polar surface area (TPSA) is 102 Å². The van der Waals surface area contributed by atoms with Crippen LogP contribution in [0.3, 0.4) is 0 Å². The number of hydrogen-bond acceptors (Lipinski definition) is 6. The molecule has 1 unspecified atom stereocenters. The summed E-state index contributed by atoms with van der Waals surface area (Å²) in [6, 6.07) is 20.2. The van der Waals surface area contributed by atoms with Crippen molar-refractivity contribution in [2.75, 3.05) is 20.3 Å². The first kappa shape index (κ1) is 19.9. The molecular formula is C24H23NO5. The Balaban J connectivity index is 1.60. The molecule has 0 aromatic heterocycles. The van der Waals surface area contributed by atoms with Gasteiger partial charge in [0, 0.05) is 18.0 Å². The first-order chi connectivity index (χ1) is 14.5. The van der Waals surface area contributed by atoms with E-state index >= 15 is 0 Å². The van der Waals surface area contributed by atoms with E-state index in [0.717, 1.165) is 22.3 Å². The summed E-state index contributed by atoms with van der Waals surface area (Å²) in [5, 5.41) is 20.8. The van der Waals surface area contributed by atoms with Gasteiger partial charge in [0.2, 0.25) is 0 Å². The van der Waals surface area contributed by atoms with Crippen molar-refractivity contribution in [1.29, 1.82) is 0 Å². The van der Waals surface area contributed by atoms with E-state index in [1.165, 1.54) is 25.3 Å². The van der Waals surface area contributed by atoms with Gasteiger partial charge in [0.05, 0.1) is 7.11 Å². The summed E-state index contributed by atoms with van der Waals surface area (Å²) in [7, 11) is 1.38. The van der Waals surface area contributed by atoms with Gasteiger partial charge < -0.3 is 25.4 Å². The number of carbonyl (C=O) groups excluding carboxylic acids is 1. The standard InChI is InChI=1S/C24H23NO5/c1-29-22-12-15(10-11-21(22)26)24(28,14-25)23(27)30-13-20-18-8-4-2-6-16(18)17-7-3-5-9-19(17)20/h2-12,20,26,28H,13-14,25H2,1H3. The number of phenols is 1. The van der Waals surface area contributed by atoms with Crippen molar-refractivity contribution in [2.45, 2.75) is 11.5 Å². The van der Waals surface area contributed by atoms with Crippen LogP contribution in [0.25, 0.3) is 11.1 Å². The van der Waals surface area contributed by atoms with E-state index in [1.54, 1.807) is 0 Å². The molecule has 4 N–H and O–H groups in total. The Labute approximate surface area is 174 Å². The molecular weight excluding hydrogens is 382 g/mol. The van der Waals surface area contributed by atoms with E-state index < -0.39 is 11.6 Å². The lowest BCUT2D eigenvalue weighted by atomic mass is 9.93. The summed E-state index contributed by atoms with van der Waals surface area (Å²) in [6.45, 7) is -0.304. The molecule has 3 aromatic carbocycles. The average molecular weight is 405 g/mol. The van der Waals surface area contributed by atoms with Gasteiger partial charge in [-0.2, -0.15) is 0 Å². The lowest BCUT2D eigenvalue weighted by Gasteiger charge is -2.26. The summed E-state index contributed by atoms with van der Waals surface area (Å²) in [5.41, 5.74) is 8.28. The highest BCUT2D eigenvalue weighted by molar-refractivity contribution is 5.83. The van der Waals surface area contributed by atoms with Gasteiger partial charge in [-0.1, -0.05) is 54.6 Å². The summed E-state index contributed by atoms with van der Waals surface area (Å²) in [6.07, 6.45) is 0. The lowest BCUT2D eigenvalue weighted by Crippen LogP contribution is -2.44. The molecule has 30 heavy (non-hydrogen) atoms. The SMILES string of the molecule is COc1cc(C(O)(CN)C(=O)OCC2c3ccccc3-c3ccccc32)ccc1O. The molecule has 1 aliphatic carbocycles. The first-order valence-electron chi connectivity index (χ1n) is 9.65. The van der Waals surface area contributed by atoms with Crippen molar-refractivity contribution in [3.8, 4) is 22.6 Å². The third-order valence-corrected chi connectivity index (χ3v) is 5.63. The molecule has 0 aliphatic heterocycles. The fourth-order valence-electron chi connectivity index (χ4n) is 3.97. The van der Waals surface area contributed by atoms with Gasteiger partial charge in [0.1, 0.15) is 6.61 Å². The molecule has 0 bridgehead atoms. The van der Waals surface area contributed by atoms with Crippen molar-refractivity contribution in [3.63, 3.8) is 0 Å². The van der Waals surface area contributed by atoms with Crippen LogP contribution in [0.15, 0.2) is 66.7 Å². The second-order valence-electron chi connectivity index (χ2n) is 7.28. The minimum absolute atomic E-state index is 0.0738. The zero-order valence-electron chi connectivity index (χ0n) is 16.5. The Morgan fingerprint density at radius 3 is 2.20 bits per heavy atom. The van der Waals surface area contributed by atoms with Gasteiger partial charge >= 0.3 is 5.97 Å². The molecule has 0 fully saturated rings. The molecule has 0 spiro atoms. The second-order valence-corrected chi connectivity index (χ2v) is 7.28. The molecule has 1 aliphatic rings. The number of phenolic OH excluding ortho intramolecular Hbond substituents is 1. The monoisotopic (exact) mass is 405 g/mol. The predicted octanol–water partition coefficient (Wildman–Crippen LogP) is 2.90. The Kier molecular flexibility index (Phi) is 5.20. The molecule has 0 saturated carbocycles. The quantitative estimate of drug-likeness (QED) is 0.545. The number of rotatable bonds is 6. The molecule has 3 aromatic rings. The van der Waals surface area contributed by atoms with Crippen molar-refractivity contribution in [1.82, 2.24) is 0 Å². The van der Waals surface area contributed by atoms with Crippen LogP contribution in [0.2, 0.25) is 0 Å². The summed E-state index contributed by atoms with van der Waals surface area (Å²) < 4.78 is 10.7. The fourth-order valence-corrected chi connectivity index (χ4v) is 3.97. The molecule has 0 amide bonds. The van der Waals surface area contributed by atoms with E-state index in [4.69, 9.17) is 15.2 Å². The lowest BCUT2D eigenvalue weighted by molar-refractivity contribution is -0.166. The largest absolute Gasteiger partial charge is 0.504 e. The summed E-state index contributed by atoms with van der Waals surface area (Å²) >= 11 is 0. The van der Waals surface area contributed by atoms with Crippen LogP contribution >= 0.6 is 0 Å². The molecule has 0 heterocycles. The molecule has 154 valence electrons. The van der Waals surface area contributed by atoms with Crippen LogP contribution in [0.1, 0.15) is 22.6 Å². The summed E-state index contributed by atoms with van der Waals surface area (Å²) in [5.74, 6) is -0.948. The molecule has 6 heteroatoms. The Morgan fingerprint density at radius 2 is 1.63 bits per heavy atom. The van der Waals surface area contributed by atoms with Crippen LogP contribution in [0, 0.1) is 0 Å². The van der Waals surface area contributed by atoms with E-state index in [1.807, 2.05) is 36.4 Å². The highest BCUT2D eigenvalue weighted by Gasteiger charge is 2.40. The number of aliphatic hydroxyl groups is 1. The number of aromatic hydroxyl groups is 1. The molecule has 4 rings (SSSR count). The molecule has 1 atom stereocenters. The highest BCUT2D eigenvalue weighted by Crippen LogP contribution is 2.44. The maximum Gasteiger partial charge on any atom is 0.344 e. The average Bonchev–Trinajstić information content (AvgIpc) is 3.11. The van der Waals surface area contributed by atoms with Gasteiger partial charge in [-0.05, 0) is 34.4 Å².